The minimum Gasteiger partial charge on any atom is -0.460 e. The Morgan fingerprint density at radius 1 is 0.518 bits per heavy atom. The van der Waals surface area contributed by atoms with Gasteiger partial charge in [-0.15, -0.1) is 35.3 Å². The van der Waals surface area contributed by atoms with Crippen molar-refractivity contribution in [1.29, 1.82) is 0 Å². The monoisotopic (exact) mass is 1210 g/mol. The maximum absolute atomic E-state index is 14.9. The number of nitrogens with zero attached hydrogens (tertiary/aromatic N) is 4. The van der Waals surface area contributed by atoms with Crippen molar-refractivity contribution >= 4 is 85.4 Å². The van der Waals surface area contributed by atoms with E-state index in [2.05, 4.69) is 0 Å². The van der Waals surface area contributed by atoms with Crippen molar-refractivity contribution in [3.05, 3.63) is 98.9 Å². The van der Waals surface area contributed by atoms with Crippen LogP contribution in [0.4, 0.5) is 30.2 Å². The fourth-order valence-electron chi connectivity index (χ4n) is 12.4. The molecule has 6 atom stereocenters. The van der Waals surface area contributed by atoms with Crippen LogP contribution >= 0.6 is 35.3 Å². The molecular formula is C63H85F3N6O8S3. The predicted molar refractivity (Wildman–Crippen MR) is 331 cm³/mol. The van der Waals surface area contributed by atoms with E-state index < -0.39 is 44.2 Å². The molecule has 3 fully saturated rings. The molecule has 3 aromatic rings. The third kappa shape index (κ3) is 17.3. The number of carbonyl (C=O) groups is 3. The van der Waals surface area contributed by atoms with Crippen molar-refractivity contribution in [1.82, 2.24) is 0 Å². The van der Waals surface area contributed by atoms with Gasteiger partial charge in [-0.3, -0.25) is 39.5 Å². The lowest BCUT2D eigenvalue weighted by atomic mass is 9.75. The standard InChI is InChI=1S/C21H27FN2O4S.2C21H29FN2O2S/c1-20(2,3)28-19(25)12-18-23-21(10-6-4-5-7-14(21)13-29-18)16-11-15(24(26)27)8-9-17(16)22;2*1-20(2,3)26-19(25)12-18-24-21(16-11-15(23)8-9-17(16)22)10-6-4-5-7-14(21)13-27-18/h8-9,11,14H,4-7,10,12-13H2,1-3H3;2*8-9,11,14H,4-7,10,12-13,23H2,1-3H3/t3*14-,21-/m000/s1. The van der Waals surface area contributed by atoms with Crippen LogP contribution < -0.4 is 11.5 Å². The number of nitro groups is 1. The fourth-order valence-corrected chi connectivity index (χ4v) is 16.3. The normalized spacial score (nSPS) is 25.5. The fraction of sp³-hybridized carbons (Fsp3) is 0.619. The Morgan fingerprint density at radius 3 is 1.12 bits per heavy atom. The highest BCUT2D eigenvalue weighted by atomic mass is 32.2. The highest BCUT2D eigenvalue weighted by Gasteiger charge is 2.49. The molecule has 6 aliphatic rings. The average Bonchev–Trinajstić information content (AvgIpc) is 3.32. The summed E-state index contributed by atoms with van der Waals surface area (Å²) in [4.78, 5) is 62.7. The zero-order valence-corrected chi connectivity index (χ0v) is 52.3. The number of aliphatic imine (C=N–C) groups is 3. The molecule has 4 N–H and O–H groups in total. The van der Waals surface area contributed by atoms with E-state index in [9.17, 15) is 37.7 Å². The van der Waals surface area contributed by atoms with Crippen LogP contribution in [0.25, 0.3) is 0 Å². The SMILES string of the molecule is CC(C)(C)OC(=O)CC1=N[C@@]2(c3cc(N)ccc3F)CCCCC[C@H]2CS1.CC(C)(C)OC(=O)CC1=N[C@@]2(c3cc(N)ccc3F)CCCCC[C@H]2CS1.CC(C)(C)OC(=O)CC1=N[C@@]2(c3cc([N+](=O)[O-])ccc3F)CCCCC[C@H]2CS1. The second-order valence-electron chi connectivity index (χ2n) is 25.8. The van der Waals surface area contributed by atoms with E-state index >= 15 is 0 Å². The second kappa shape index (κ2) is 27.5. The number of benzene rings is 3. The van der Waals surface area contributed by atoms with Crippen molar-refractivity contribution in [2.75, 3.05) is 28.7 Å². The average molecular weight is 1210 g/mol. The Labute approximate surface area is 501 Å². The van der Waals surface area contributed by atoms with Crippen LogP contribution in [0.5, 0.6) is 0 Å². The number of nitrogen functional groups attached to an aromatic ring is 2. The molecule has 0 unspecified atom stereocenters. The maximum Gasteiger partial charge on any atom is 0.312 e. The van der Waals surface area contributed by atoms with Gasteiger partial charge in [0.2, 0.25) is 0 Å². The number of nitrogens with two attached hydrogens (primary N) is 2. The maximum atomic E-state index is 14.9. The van der Waals surface area contributed by atoms with E-state index in [1.165, 1.54) is 36.0 Å². The van der Waals surface area contributed by atoms with Crippen LogP contribution in [0, 0.1) is 45.3 Å². The lowest BCUT2D eigenvalue weighted by Crippen LogP contribution is -2.39. The van der Waals surface area contributed by atoms with Gasteiger partial charge < -0.3 is 25.7 Å². The number of non-ortho nitro benzene ring substituents is 1. The minimum absolute atomic E-state index is 0.0347. The molecule has 0 bridgehead atoms. The molecule has 3 saturated carbocycles. The van der Waals surface area contributed by atoms with Gasteiger partial charge in [-0.05, 0) is 161 Å². The number of rotatable bonds is 10. The second-order valence-corrected chi connectivity index (χ2v) is 29.1. The van der Waals surface area contributed by atoms with Crippen molar-refractivity contribution in [2.24, 2.45) is 32.7 Å². The first-order valence-corrected chi connectivity index (χ1v) is 32.3. The number of hydrogen-bond donors (Lipinski definition) is 2. The van der Waals surface area contributed by atoms with Crippen LogP contribution in [0.3, 0.4) is 0 Å². The number of nitro benzene ring substituents is 1. The van der Waals surface area contributed by atoms with Crippen LogP contribution in [-0.4, -0.2) is 72.0 Å². The van der Waals surface area contributed by atoms with Gasteiger partial charge in [0, 0.05) is 57.5 Å². The Balaban J connectivity index is 0.000000179. The predicted octanol–water partition coefficient (Wildman–Crippen LogP) is 15.5. The minimum atomic E-state index is -0.866. The number of thioether (sulfide) groups is 3. The zero-order valence-electron chi connectivity index (χ0n) is 49.8. The zero-order chi connectivity index (χ0) is 60.5. The number of halogens is 3. The molecule has 3 heterocycles. The summed E-state index contributed by atoms with van der Waals surface area (Å²) in [5, 5.41) is 13.4. The molecule has 3 aromatic carbocycles. The van der Waals surface area contributed by atoms with Crippen molar-refractivity contribution in [3.8, 4) is 0 Å². The summed E-state index contributed by atoms with van der Waals surface area (Å²) in [5.41, 5.74) is 10.6. The Bertz CT molecular complexity index is 2820. The van der Waals surface area contributed by atoms with Gasteiger partial charge in [-0.2, -0.15) is 0 Å². The first-order valence-electron chi connectivity index (χ1n) is 29.4. The van der Waals surface area contributed by atoms with Crippen LogP contribution in [0.2, 0.25) is 0 Å². The van der Waals surface area contributed by atoms with E-state index in [0.29, 0.717) is 39.7 Å². The third-order valence-electron chi connectivity index (χ3n) is 15.9. The van der Waals surface area contributed by atoms with Crippen molar-refractivity contribution < 1.29 is 46.7 Å². The third-order valence-corrected chi connectivity index (χ3v) is 19.3. The van der Waals surface area contributed by atoms with Crippen LogP contribution in [-0.2, 0) is 45.2 Å². The summed E-state index contributed by atoms with van der Waals surface area (Å²) in [6, 6.07) is 13.2. The highest BCUT2D eigenvalue weighted by molar-refractivity contribution is 8.14. The molecule has 454 valence electrons. The van der Waals surface area contributed by atoms with Gasteiger partial charge in [0.1, 0.15) is 34.3 Å². The van der Waals surface area contributed by atoms with E-state index in [4.69, 9.17) is 40.7 Å². The van der Waals surface area contributed by atoms with Crippen molar-refractivity contribution in [2.45, 2.75) is 211 Å². The van der Waals surface area contributed by atoms with Gasteiger partial charge in [-0.25, -0.2) is 13.2 Å². The molecule has 3 aliphatic carbocycles. The smallest absolute Gasteiger partial charge is 0.312 e. The molecule has 20 heteroatoms. The van der Waals surface area contributed by atoms with E-state index in [-0.39, 0.29) is 77.8 Å². The van der Waals surface area contributed by atoms with Gasteiger partial charge in [-0.1, -0.05) is 57.8 Å². The lowest BCUT2D eigenvalue weighted by molar-refractivity contribution is -0.385. The molecule has 0 radical (unpaired) electrons. The number of esters is 3. The first kappa shape index (κ1) is 65.5. The summed E-state index contributed by atoms with van der Waals surface area (Å²) in [7, 11) is 0. The molecule has 83 heavy (non-hydrogen) atoms. The van der Waals surface area contributed by atoms with Gasteiger partial charge in [0.05, 0.1) is 55.9 Å². The lowest BCUT2D eigenvalue weighted by Gasteiger charge is -2.41. The molecule has 9 rings (SSSR count). The topological polar surface area (TPSA) is 211 Å². The van der Waals surface area contributed by atoms with E-state index in [1.54, 1.807) is 47.8 Å². The largest absolute Gasteiger partial charge is 0.460 e. The van der Waals surface area contributed by atoms with Gasteiger partial charge >= 0.3 is 17.9 Å². The van der Waals surface area contributed by atoms with E-state index in [1.807, 2.05) is 62.3 Å². The Morgan fingerprint density at radius 2 is 0.819 bits per heavy atom. The summed E-state index contributed by atoms with van der Waals surface area (Å²) in [5.74, 6) is 1.04. The number of hydrogen-bond acceptors (Lipinski definition) is 16. The molecular weight excluding hydrogens is 1120 g/mol. The highest BCUT2D eigenvalue weighted by Crippen LogP contribution is 2.53. The molecule has 0 amide bonds. The number of carbonyl (C=O) groups excluding carboxylic acids is 3. The molecule has 0 aromatic heterocycles. The summed E-state index contributed by atoms with van der Waals surface area (Å²) >= 11 is 4.74. The van der Waals surface area contributed by atoms with E-state index in [0.717, 1.165) is 118 Å². The van der Waals surface area contributed by atoms with Crippen LogP contribution in [0.1, 0.15) is 195 Å². The molecule has 3 aliphatic heterocycles. The summed E-state index contributed by atoms with van der Waals surface area (Å²) in [6.07, 6.45) is 14.9. The first-order chi connectivity index (χ1) is 39.0. The van der Waals surface area contributed by atoms with Crippen molar-refractivity contribution in [3.63, 3.8) is 0 Å². The molecule has 14 nitrogen and oxygen atoms in total. The summed E-state index contributed by atoms with van der Waals surface area (Å²) < 4.78 is 60.9. The quantitative estimate of drug-likeness (QED) is 0.0637. The Hall–Kier alpha value is -5.08. The number of anilines is 2. The number of ether oxygens (including phenoxy) is 3. The molecule has 0 saturated heterocycles. The van der Waals surface area contributed by atoms with Crippen LogP contribution in [0.15, 0.2) is 69.6 Å². The molecule has 0 spiro atoms. The Kier molecular flexibility index (Phi) is 21.7. The number of fused-ring (bicyclic) bond motifs is 3. The summed E-state index contributed by atoms with van der Waals surface area (Å²) in [6.45, 7) is 16.5. The van der Waals surface area contributed by atoms with Gasteiger partial charge in [0.25, 0.3) is 5.69 Å². The van der Waals surface area contributed by atoms with Gasteiger partial charge in [0.15, 0.2) is 0 Å².